The van der Waals surface area contributed by atoms with Crippen LogP contribution >= 0.6 is 27.5 Å². The molecule has 1 unspecified atom stereocenters. The Morgan fingerprint density at radius 3 is 2.75 bits per heavy atom. The molecule has 3 heteroatoms. The number of hydrogen-bond donors (Lipinski definition) is 1. The zero-order chi connectivity index (χ0) is 9.14. The van der Waals surface area contributed by atoms with E-state index in [9.17, 15) is 0 Å². The maximum absolute atomic E-state index is 8.91. The Hall–Kier alpha value is -0.0500. The summed E-state index contributed by atoms with van der Waals surface area (Å²) in [4.78, 5) is 0. The minimum atomic E-state index is 0.102. The molecule has 12 heavy (non-hydrogen) atoms. The monoisotopic (exact) mass is 248 g/mol. The Bertz CT molecular complexity index is 275. The van der Waals surface area contributed by atoms with Crippen LogP contribution in [0.15, 0.2) is 22.7 Å². The number of aliphatic hydroxyl groups is 1. The van der Waals surface area contributed by atoms with Gasteiger partial charge in [-0.05, 0) is 17.7 Å². The van der Waals surface area contributed by atoms with Gasteiger partial charge in [0, 0.05) is 22.0 Å². The van der Waals surface area contributed by atoms with Gasteiger partial charge in [-0.3, -0.25) is 0 Å². The Balaban J connectivity index is 3.01. The van der Waals surface area contributed by atoms with E-state index in [1.807, 2.05) is 25.1 Å². The van der Waals surface area contributed by atoms with E-state index < -0.39 is 0 Å². The minimum absolute atomic E-state index is 0.102. The van der Waals surface area contributed by atoms with Gasteiger partial charge in [0.1, 0.15) is 0 Å². The fourth-order valence-corrected chi connectivity index (χ4v) is 1.86. The standard InChI is InChI=1S/C9H10BrClO/c1-6(5-12)8-3-2-7(10)4-9(8)11/h2-4,6,12H,5H2,1H3. The Morgan fingerprint density at radius 2 is 2.25 bits per heavy atom. The van der Waals surface area contributed by atoms with E-state index in [0.29, 0.717) is 5.02 Å². The van der Waals surface area contributed by atoms with Crippen LogP contribution in [0, 0.1) is 0 Å². The molecule has 0 bridgehead atoms. The van der Waals surface area contributed by atoms with Gasteiger partial charge in [-0.25, -0.2) is 0 Å². The molecule has 0 aliphatic heterocycles. The second-order valence-electron chi connectivity index (χ2n) is 2.75. The third kappa shape index (κ3) is 2.22. The van der Waals surface area contributed by atoms with Gasteiger partial charge in [0.05, 0.1) is 0 Å². The molecule has 0 aromatic heterocycles. The van der Waals surface area contributed by atoms with Crippen molar-refractivity contribution < 1.29 is 5.11 Å². The maximum atomic E-state index is 8.91. The summed E-state index contributed by atoms with van der Waals surface area (Å²) in [5.41, 5.74) is 0.988. The van der Waals surface area contributed by atoms with E-state index in [2.05, 4.69) is 15.9 Å². The summed E-state index contributed by atoms with van der Waals surface area (Å²) in [5.74, 6) is 0.102. The van der Waals surface area contributed by atoms with Gasteiger partial charge >= 0.3 is 0 Å². The first-order valence-electron chi connectivity index (χ1n) is 3.71. The van der Waals surface area contributed by atoms with Crippen molar-refractivity contribution in [3.63, 3.8) is 0 Å². The molecule has 0 heterocycles. The third-order valence-corrected chi connectivity index (χ3v) is 2.59. The van der Waals surface area contributed by atoms with E-state index in [1.165, 1.54) is 0 Å². The highest BCUT2D eigenvalue weighted by atomic mass is 79.9. The highest BCUT2D eigenvalue weighted by Gasteiger charge is 2.07. The average Bonchev–Trinajstić information content (AvgIpc) is 2.03. The minimum Gasteiger partial charge on any atom is -0.396 e. The van der Waals surface area contributed by atoms with Crippen molar-refractivity contribution in [3.05, 3.63) is 33.3 Å². The quantitative estimate of drug-likeness (QED) is 0.853. The molecule has 1 rings (SSSR count). The van der Waals surface area contributed by atoms with Crippen LogP contribution in [-0.4, -0.2) is 11.7 Å². The van der Waals surface area contributed by atoms with Crippen molar-refractivity contribution in [1.82, 2.24) is 0 Å². The number of benzene rings is 1. The molecule has 1 aromatic rings. The molecule has 0 amide bonds. The topological polar surface area (TPSA) is 20.2 Å². The first-order valence-corrected chi connectivity index (χ1v) is 4.88. The van der Waals surface area contributed by atoms with Gasteiger partial charge in [0.25, 0.3) is 0 Å². The molecule has 0 saturated carbocycles. The summed E-state index contributed by atoms with van der Waals surface area (Å²) in [6.07, 6.45) is 0. The summed E-state index contributed by atoms with van der Waals surface area (Å²) in [5, 5.41) is 9.61. The lowest BCUT2D eigenvalue weighted by atomic mass is 10.0. The highest BCUT2D eigenvalue weighted by molar-refractivity contribution is 9.10. The van der Waals surface area contributed by atoms with Crippen molar-refractivity contribution in [3.8, 4) is 0 Å². The molecular formula is C9H10BrClO. The van der Waals surface area contributed by atoms with Crippen LogP contribution in [0.3, 0.4) is 0 Å². The van der Waals surface area contributed by atoms with Gasteiger partial charge in [-0.15, -0.1) is 0 Å². The Morgan fingerprint density at radius 1 is 1.58 bits per heavy atom. The second-order valence-corrected chi connectivity index (χ2v) is 4.07. The number of hydrogen-bond acceptors (Lipinski definition) is 1. The lowest BCUT2D eigenvalue weighted by molar-refractivity contribution is 0.273. The smallest absolute Gasteiger partial charge is 0.0497 e. The molecule has 0 radical (unpaired) electrons. The Kier molecular flexibility index (Phi) is 3.56. The van der Waals surface area contributed by atoms with Gasteiger partial charge in [0.2, 0.25) is 0 Å². The molecule has 1 aromatic carbocycles. The van der Waals surface area contributed by atoms with Gasteiger partial charge in [-0.2, -0.15) is 0 Å². The normalized spacial score (nSPS) is 13.0. The first kappa shape index (κ1) is 10.0. The summed E-state index contributed by atoms with van der Waals surface area (Å²) in [6.45, 7) is 2.07. The van der Waals surface area contributed by atoms with Gasteiger partial charge in [0.15, 0.2) is 0 Å². The number of halogens is 2. The van der Waals surface area contributed by atoms with Crippen LogP contribution in [0.1, 0.15) is 18.4 Å². The zero-order valence-electron chi connectivity index (χ0n) is 6.72. The fraction of sp³-hybridized carbons (Fsp3) is 0.333. The Labute approximate surface area is 85.5 Å². The predicted octanol–water partition coefficient (Wildman–Crippen LogP) is 3.20. The average molecular weight is 250 g/mol. The molecule has 0 saturated heterocycles. The van der Waals surface area contributed by atoms with Crippen LogP contribution in [-0.2, 0) is 0 Å². The molecule has 1 N–H and O–H groups in total. The van der Waals surface area contributed by atoms with E-state index in [-0.39, 0.29) is 12.5 Å². The van der Waals surface area contributed by atoms with Crippen molar-refractivity contribution in [1.29, 1.82) is 0 Å². The van der Waals surface area contributed by atoms with E-state index in [0.717, 1.165) is 10.0 Å². The van der Waals surface area contributed by atoms with Crippen molar-refractivity contribution >= 4 is 27.5 Å². The van der Waals surface area contributed by atoms with Crippen molar-refractivity contribution in [2.24, 2.45) is 0 Å². The largest absolute Gasteiger partial charge is 0.396 e. The van der Waals surface area contributed by atoms with Crippen LogP contribution in [0.2, 0.25) is 5.02 Å². The zero-order valence-corrected chi connectivity index (χ0v) is 9.06. The molecule has 1 atom stereocenters. The van der Waals surface area contributed by atoms with Gasteiger partial charge < -0.3 is 5.11 Å². The molecule has 0 aliphatic carbocycles. The van der Waals surface area contributed by atoms with Crippen molar-refractivity contribution in [2.45, 2.75) is 12.8 Å². The SMILES string of the molecule is CC(CO)c1ccc(Br)cc1Cl. The van der Waals surface area contributed by atoms with Crippen LogP contribution in [0.4, 0.5) is 0 Å². The molecular weight excluding hydrogens is 239 g/mol. The highest BCUT2D eigenvalue weighted by Crippen LogP contribution is 2.26. The lowest BCUT2D eigenvalue weighted by Gasteiger charge is -2.10. The molecule has 0 aliphatic rings. The van der Waals surface area contributed by atoms with E-state index in [1.54, 1.807) is 0 Å². The molecule has 0 fully saturated rings. The summed E-state index contributed by atoms with van der Waals surface area (Å²) in [6, 6.07) is 5.68. The summed E-state index contributed by atoms with van der Waals surface area (Å²) >= 11 is 9.28. The predicted molar refractivity (Wildman–Crippen MR) is 54.7 cm³/mol. The molecule has 0 spiro atoms. The van der Waals surface area contributed by atoms with Crippen LogP contribution in [0.25, 0.3) is 0 Å². The van der Waals surface area contributed by atoms with Crippen LogP contribution < -0.4 is 0 Å². The molecule has 1 nitrogen and oxygen atoms in total. The second kappa shape index (κ2) is 4.26. The number of aliphatic hydroxyl groups excluding tert-OH is 1. The van der Waals surface area contributed by atoms with E-state index >= 15 is 0 Å². The lowest BCUT2D eigenvalue weighted by Crippen LogP contribution is -1.99. The van der Waals surface area contributed by atoms with Crippen molar-refractivity contribution in [2.75, 3.05) is 6.61 Å². The summed E-state index contributed by atoms with van der Waals surface area (Å²) < 4.78 is 0.960. The fourth-order valence-electron chi connectivity index (χ4n) is 1.000. The number of rotatable bonds is 2. The van der Waals surface area contributed by atoms with Crippen LogP contribution in [0.5, 0.6) is 0 Å². The van der Waals surface area contributed by atoms with Gasteiger partial charge in [-0.1, -0.05) is 40.5 Å². The third-order valence-electron chi connectivity index (χ3n) is 1.77. The first-order chi connectivity index (χ1) is 5.65. The maximum Gasteiger partial charge on any atom is 0.0497 e. The molecule has 66 valence electrons. The summed E-state index contributed by atoms with van der Waals surface area (Å²) in [7, 11) is 0. The van der Waals surface area contributed by atoms with E-state index in [4.69, 9.17) is 16.7 Å².